The Labute approximate surface area is 123 Å². The number of nitrogens with one attached hydrogen (secondary N) is 1. The largest absolute Gasteiger partial charge is 0.479 e. The Hall–Kier alpha value is -1.71. The highest BCUT2D eigenvalue weighted by atomic mass is 35.5. The molecule has 1 aromatic heterocycles. The smallest absolute Gasteiger partial charge is 0.335 e. The number of imidazole rings is 1. The first-order chi connectivity index (χ1) is 9.81. The number of hydrogen-bond acceptors (Lipinski definition) is 6. The van der Waals surface area contributed by atoms with Gasteiger partial charge in [0.25, 0.3) is 0 Å². The van der Waals surface area contributed by atoms with Crippen LogP contribution in [0.4, 0.5) is 0 Å². The third-order valence-corrected chi connectivity index (χ3v) is 3.23. The molecular weight excluding hydrogens is 304 g/mol. The summed E-state index contributed by atoms with van der Waals surface area (Å²) < 4.78 is 0. The van der Waals surface area contributed by atoms with Crippen LogP contribution >= 0.6 is 11.6 Å². The first-order valence-electron chi connectivity index (χ1n) is 5.91. The van der Waals surface area contributed by atoms with Gasteiger partial charge in [0.2, 0.25) is 0 Å². The van der Waals surface area contributed by atoms with E-state index in [-0.39, 0.29) is 5.82 Å². The van der Waals surface area contributed by atoms with E-state index in [0.29, 0.717) is 16.1 Å². The van der Waals surface area contributed by atoms with Crippen molar-refractivity contribution in [1.29, 1.82) is 0 Å². The average Bonchev–Trinajstić information content (AvgIpc) is 2.86. The number of aliphatic carboxylic acids is 1. The fraction of sp³-hybridized carbons (Fsp3) is 0.333. The summed E-state index contributed by atoms with van der Waals surface area (Å²) in [7, 11) is 0. The molecule has 2 aromatic rings. The van der Waals surface area contributed by atoms with Crippen molar-refractivity contribution in [3.05, 3.63) is 29.0 Å². The summed E-state index contributed by atoms with van der Waals surface area (Å²) in [6.45, 7) is 0. The van der Waals surface area contributed by atoms with Gasteiger partial charge in [-0.3, -0.25) is 0 Å². The topological polar surface area (TPSA) is 147 Å². The molecule has 1 heterocycles. The van der Waals surface area contributed by atoms with Crippen molar-refractivity contribution < 1.29 is 30.3 Å². The van der Waals surface area contributed by atoms with E-state index >= 15 is 0 Å². The Balaban J connectivity index is 2.24. The number of H-pyrrole nitrogens is 1. The van der Waals surface area contributed by atoms with Gasteiger partial charge in [-0.2, -0.15) is 0 Å². The van der Waals surface area contributed by atoms with Crippen LogP contribution in [0, 0.1) is 0 Å². The second-order valence-electron chi connectivity index (χ2n) is 4.49. The molecule has 9 heteroatoms. The van der Waals surface area contributed by atoms with Gasteiger partial charge in [0, 0.05) is 5.02 Å². The number of aromatic nitrogens is 2. The molecular formula is C12H13ClN2O6. The van der Waals surface area contributed by atoms with Gasteiger partial charge in [0.05, 0.1) is 11.0 Å². The third kappa shape index (κ3) is 3.14. The van der Waals surface area contributed by atoms with E-state index in [2.05, 4.69) is 9.97 Å². The molecule has 0 aliphatic heterocycles. The van der Waals surface area contributed by atoms with Crippen molar-refractivity contribution in [3.63, 3.8) is 0 Å². The summed E-state index contributed by atoms with van der Waals surface area (Å²) in [6, 6.07) is 4.73. The number of aliphatic hydroxyl groups is 4. The zero-order valence-electron chi connectivity index (χ0n) is 10.5. The van der Waals surface area contributed by atoms with Crippen molar-refractivity contribution in [3.8, 4) is 0 Å². The maximum Gasteiger partial charge on any atom is 0.335 e. The lowest BCUT2D eigenvalue weighted by molar-refractivity contribution is -0.163. The lowest BCUT2D eigenvalue weighted by atomic mass is 10.0. The van der Waals surface area contributed by atoms with Gasteiger partial charge < -0.3 is 30.5 Å². The quantitative estimate of drug-likeness (QED) is 0.432. The number of halogens is 1. The molecule has 21 heavy (non-hydrogen) atoms. The number of aliphatic hydroxyl groups excluding tert-OH is 4. The fourth-order valence-electron chi connectivity index (χ4n) is 1.82. The zero-order valence-corrected chi connectivity index (χ0v) is 11.3. The van der Waals surface area contributed by atoms with E-state index < -0.39 is 30.4 Å². The maximum absolute atomic E-state index is 10.5. The van der Waals surface area contributed by atoms with Crippen LogP contribution in [-0.2, 0) is 4.79 Å². The van der Waals surface area contributed by atoms with Crippen LogP contribution in [0.15, 0.2) is 18.2 Å². The number of nitrogens with zero attached hydrogens (tertiary/aromatic N) is 1. The maximum atomic E-state index is 10.5. The fourth-order valence-corrected chi connectivity index (χ4v) is 1.99. The number of carboxylic acids is 1. The molecule has 6 N–H and O–H groups in total. The molecule has 0 saturated carbocycles. The van der Waals surface area contributed by atoms with E-state index in [1.54, 1.807) is 12.1 Å². The summed E-state index contributed by atoms with van der Waals surface area (Å²) in [6.07, 6.45) is -7.95. The molecule has 0 aliphatic carbocycles. The van der Waals surface area contributed by atoms with E-state index in [1.807, 2.05) is 0 Å². The Morgan fingerprint density at radius 3 is 2.48 bits per heavy atom. The highest BCUT2D eigenvalue weighted by Crippen LogP contribution is 2.23. The number of carbonyl (C=O) groups is 1. The van der Waals surface area contributed by atoms with Gasteiger partial charge in [0.1, 0.15) is 24.1 Å². The first kappa shape index (κ1) is 15.7. The summed E-state index contributed by atoms with van der Waals surface area (Å²) in [4.78, 5) is 17.2. The molecule has 0 spiro atoms. The van der Waals surface area contributed by atoms with Gasteiger partial charge in [-0.15, -0.1) is 0 Å². The second kappa shape index (κ2) is 5.96. The number of carboxylic acid groups (broad SMARTS) is 1. The van der Waals surface area contributed by atoms with E-state index in [4.69, 9.17) is 21.8 Å². The summed E-state index contributed by atoms with van der Waals surface area (Å²) in [5, 5.41) is 47.3. The van der Waals surface area contributed by atoms with Crippen LogP contribution < -0.4 is 0 Å². The van der Waals surface area contributed by atoms with Gasteiger partial charge >= 0.3 is 5.97 Å². The van der Waals surface area contributed by atoms with Crippen molar-refractivity contribution in [2.75, 3.05) is 0 Å². The molecule has 3 unspecified atom stereocenters. The van der Waals surface area contributed by atoms with Gasteiger partial charge in [-0.05, 0) is 18.2 Å². The van der Waals surface area contributed by atoms with Crippen molar-refractivity contribution in [1.82, 2.24) is 9.97 Å². The highest BCUT2D eigenvalue weighted by molar-refractivity contribution is 6.31. The van der Waals surface area contributed by atoms with Crippen molar-refractivity contribution in [2.24, 2.45) is 0 Å². The third-order valence-electron chi connectivity index (χ3n) is 2.99. The first-order valence-corrected chi connectivity index (χ1v) is 6.29. The standard InChI is InChI=1S/C12H13ClN2O6/c13-4-1-2-5-6(3-4)15-11(14-5)9(18)7(16)8(17)10(19)12(20)21/h1-3,7-10,16-19H,(H,14,15)(H,20,21)/t7?,8-,9?,10?/m0/s1. The summed E-state index contributed by atoms with van der Waals surface area (Å²) in [5.41, 5.74) is 0.964. The summed E-state index contributed by atoms with van der Waals surface area (Å²) >= 11 is 5.79. The van der Waals surface area contributed by atoms with E-state index in [9.17, 15) is 20.1 Å². The Kier molecular flexibility index (Phi) is 4.45. The number of fused-ring (bicyclic) bond motifs is 1. The van der Waals surface area contributed by atoms with Gasteiger partial charge in [-0.1, -0.05) is 11.6 Å². The Bertz CT molecular complexity index is 660. The number of rotatable bonds is 5. The van der Waals surface area contributed by atoms with Crippen LogP contribution in [0.5, 0.6) is 0 Å². The molecule has 0 bridgehead atoms. The molecule has 0 fully saturated rings. The van der Waals surface area contributed by atoms with Crippen LogP contribution in [0.2, 0.25) is 5.02 Å². The van der Waals surface area contributed by atoms with Gasteiger partial charge in [-0.25, -0.2) is 9.78 Å². The van der Waals surface area contributed by atoms with Crippen molar-refractivity contribution >= 4 is 28.6 Å². The van der Waals surface area contributed by atoms with E-state index in [0.717, 1.165) is 0 Å². The lowest BCUT2D eigenvalue weighted by Gasteiger charge is -2.23. The molecule has 0 aliphatic rings. The van der Waals surface area contributed by atoms with Gasteiger partial charge in [0.15, 0.2) is 6.10 Å². The van der Waals surface area contributed by atoms with Crippen LogP contribution in [0.25, 0.3) is 11.0 Å². The lowest BCUT2D eigenvalue weighted by Crippen LogP contribution is -2.45. The number of benzene rings is 1. The molecule has 0 saturated heterocycles. The molecule has 8 nitrogen and oxygen atoms in total. The van der Waals surface area contributed by atoms with Crippen LogP contribution in [-0.4, -0.2) is 59.8 Å². The van der Waals surface area contributed by atoms with Crippen molar-refractivity contribution in [2.45, 2.75) is 24.4 Å². The Morgan fingerprint density at radius 1 is 1.19 bits per heavy atom. The molecule has 0 radical (unpaired) electrons. The monoisotopic (exact) mass is 316 g/mol. The minimum Gasteiger partial charge on any atom is -0.479 e. The zero-order chi connectivity index (χ0) is 15.7. The molecule has 1 aromatic carbocycles. The number of hydrogen-bond donors (Lipinski definition) is 6. The van der Waals surface area contributed by atoms with Crippen LogP contribution in [0.1, 0.15) is 11.9 Å². The van der Waals surface area contributed by atoms with E-state index in [1.165, 1.54) is 6.07 Å². The number of aromatic amines is 1. The average molecular weight is 317 g/mol. The molecule has 0 amide bonds. The predicted octanol–water partition coefficient (Wildman–Crippen LogP) is -0.583. The highest BCUT2D eigenvalue weighted by Gasteiger charge is 2.36. The second-order valence-corrected chi connectivity index (χ2v) is 4.93. The normalized spacial score (nSPS) is 17.4. The predicted molar refractivity (Wildman–Crippen MR) is 71.7 cm³/mol. The molecule has 4 atom stereocenters. The molecule has 2 rings (SSSR count). The Morgan fingerprint density at radius 2 is 1.86 bits per heavy atom. The van der Waals surface area contributed by atoms with Crippen LogP contribution in [0.3, 0.4) is 0 Å². The summed E-state index contributed by atoms with van der Waals surface area (Å²) in [5.74, 6) is -1.80. The SMILES string of the molecule is O=C(O)C(O)[C@@H](O)C(O)C(O)c1nc2cc(Cl)ccc2[nH]1. The minimum absolute atomic E-state index is 0.0867. The molecule has 114 valence electrons. The minimum atomic E-state index is -2.23.